The fourth-order valence-corrected chi connectivity index (χ4v) is 2.72. The van der Waals surface area contributed by atoms with Gasteiger partial charge in [-0.15, -0.1) is 0 Å². The second kappa shape index (κ2) is 7.45. The van der Waals surface area contributed by atoms with Crippen molar-refractivity contribution in [2.24, 2.45) is 0 Å². The van der Waals surface area contributed by atoms with E-state index in [9.17, 15) is 9.59 Å². The number of benzene rings is 3. The van der Waals surface area contributed by atoms with Gasteiger partial charge in [-0.2, -0.15) is 0 Å². The highest BCUT2D eigenvalue weighted by Crippen LogP contribution is 2.22. The highest BCUT2D eigenvalue weighted by Gasteiger charge is 2.15. The Morgan fingerprint density at radius 1 is 1.00 bits per heavy atom. The molecule has 132 valence electrons. The number of methoxy groups -OCH3 is 1. The first-order valence-electron chi connectivity index (χ1n) is 7.81. The monoisotopic (exact) mass is 369 g/mol. The van der Waals surface area contributed by atoms with E-state index in [4.69, 9.17) is 26.8 Å². The third-order valence-electron chi connectivity index (χ3n) is 3.94. The number of esters is 1. The van der Waals surface area contributed by atoms with E-state index in [1.807, 2.05) is 24.3 Å². The number of ketones is 1. The number of rotatable bonds is 5. The van der Waals surface area contributed by atoms with E-state index in [0.717, 1.165) is 16.5 Å². The van der Waals surface area contributed by atoms with Gasteiger partial charge in [0.15, 0.2) is 12.4 Å². The molecule has 0 amide bonds. The highest BCUT2D eigenvalue weighted by atomic mass is 35.5. The Bertz CT molecular complexity index is 1000. The van der Waals surface area contributed by atoms with E-state index in [1.54, 1.807) is 19.2 Å². The molecular formula is C20H16ClNO4. The summed E-state index contributed by atoms with van der Waals surface area (Å²) >= 11 is 5.80. The molecule has 0 bridgehead atoms. The Labute approximate surface area is 155 Å². The predicted molar refractivity (Wildman–Crippen MR) is 101 cm³/mol. The molecule has 0 unspecified atom stereocenters. The zero-order chi connectivity index (χ0) is 18.7. The minimum Gasteiger partial charge on any atom is -0.497 e. The minimum absolute atomic E-state index is 0.174. The van der Waals surface area contributed by atoms with E-state index in [1.165, 1.54) is 18.2 Å². The smallest absolute Gasteiger partial charge is 0.340 e. The number of hydrogen-bond donors (Lipinski definition) is 1. The molecule has 0 saturated heterocycles. The molecule has 0 atom stereocenters. The molecule has 0 fully saturated rings. The van der Waals surface area contributed by atoms with Crippen LogP contribution in [-0.4, -0.2) is 25.5 Å². The molecule has 0 heterocycles. The third-order valence-corrected chi connectivity index (χ3v) is 4.17. The van der Waals surface area contributed by atoms with Gasteiger partial charge in [0, 0.05) is 16.3 Å². The molecule has 0 spiro atoms. The zero-order valence-corrected chi connectivity index (χ0v) is 14.7. The van der Waals surface area contributed by atoms with Gasteiger partial charge in [-0.05, 0) is 47.2 Å². The maximum Gasteiger partial charge on any atom is 0.340 e. The van der Waals surface area contributed by atoms with Gasteiger partial charge in [0.2, 0.25) is 0 Å². The topological polar surface area (TPSA) is 78.6 Å². The number of carbonyl (C=O) groups excluding carboxylic acids is 2. The predicted octanol–water partition coefficient (Wildman–Crippen LogP) is 4.12. The Morgan fingerprint density at radius 2 is 1.73 bits per heavy atom. The van der Waals surface area contributed by atoms with Gasteiger partial charge >= 0.3 is 5.97 Å². The van der Waals surface area contributed by atoms with E-state index in [0.29, 0.717) is 10.6 Å². The maximum atomic E-state index is 12.3. The summed E-state index contributed by atoms with van der Waals surface area (Å²) in [6.07, 6.45) is 0. The summed E-state index contributed by atoms with van der Waals surface area (Å²) in [5.74, 6) is -0.229. The molecule has 0 aliphatic carbocycles. The van der Waals surface area contributed by atoms with Gasteiger partial charge in [0.1, 0.15) is 5.75 Å². The Balaban J connectivity index is 1.71. The molecule has 5 nitrogen and oxygen atoms in total. The van der Waals surface area contributed by atoms with Gasteiger partial charge in [0.05, 0.1) is 12.7 Å². The summed E-state index contributed by atoms with van der Waals surface area (Å²) in [6, 6.07) is 15.3. The van der Waals surface area contributed by atoms with Gasteiger partial charge in [-0.25, -0.2) is 4.79 Å². The average molecular weight is 370 g/mol. The van der Waals surface area contributed by atoms with Crippen molar-refractivity contribution in [3.8, 4) is 5.75 Å². The van der Waals surface area contributed by atoms with Gasteiger partial charge in [0.25, 0.3) is 0 Å². The van der Waals surface area contributed by atoms with Crippen LogP contribution < -0.4 is 10.5 Å². The Morgan fingerprint density at radius 3 is 2.46 bits per heavy atom. The van der Waals surface area contributed by atoms with Crippen LogP contribution in [0.15, 0.2) is 54.6 Å². The van der Waals surface area contributed by atoms with Crippen molar-refractivity contribution >= 4 is 39.8 Å². The van der Waals surface area contributed by atoms with Crippen LogP contribution in [0.4, 0.5) is 5.69 Å². The van der Waals surface area contributed by atoms with Crippen molar-refractivity contribution in [2.45, 2.75) is 0 Å². The molecule has 0 aliphatic heterocycles. The molecule has 0 saturated carbocycles. The first kappa shape index (κ1) is 17.8. The number of hydrogen-bond acceptors (Lipinski definition) is 5. The van der Waals surface area contributed by atoms with E-state index >= 15 is 0 Å². The molecule has 26 heavy (non-hydrogen) atoms. The fraction of sp³-hybridized carbons (Fsp3) is 0.100. The number of Topliss-reactive ketones (excluding diaryl/α,β-unsaturated/α-hetero) is 1. The molecule has 0 aromatic heterocycles. The normalized spacial score (nSPS) is 10.5. The van der Waals surface area contributed by atoms with E-state index in [2.05, 4.69) is 0 Å². The molecule has 3 aromatic rings. The second-order valence-electron chi connectivity index (χ2n) is 5.66. The summed E-state index contributed by atoms with van der Waals surface area (Å²) in [5, 5.41) is 2.26. The van der Waals surface area contributed by atoms with Crippen molar-refractivity contribution in [1.29, 1.82) is 0 Å². The quantitative estimate of drug-likeness (QED) is 0.415. The summed E-state index contributed by atoms with van der Waals surface area (Å²) in [4.78, 5) is 24.4. The molecule has 2 N–H and O–H groups in total. The molecule has 0 radical (unpaired) electrons. The van der Waals surface area contributed by atoms with Crippen molar-refractivity contribution < 1.29 is 19.1 Å². The number of halogens is 1. The second-order valence-corrected chi connectivity index (χ2v) is 6.10. The summed E-state index contributed by atoms with van der Waals surface area (Å²) in [6.45, 7) is -0.372. The lowest BCUT2D eigenvalue weighted by Gasteiger charge is -2.08. The van der Waals surface area contributed by atoms with E-state index in [-0.39, 0.29) is 23.6 Å². The van der Waals surface area contributed by atoms with Crippen molar-refractivity contribution in [2.75, 3.05) is 19.5 Å². The van der Waals surface area contributed by atoms with Gasteiger partial charge in [-0.3, -0.25) is 4.79 Å². The van der Waals surface area contributed by atoms with Crippen LogP contribution in [0.1, 0.15) is 20.7 Å². The minimum atomic E-state index is -0.668. The number of ether oxygens (including phenoxy) is 2. The van der Waals surface area contributed by atoms with Crippen LogP contribution in [0.2, 0.25) is 5.02 Å². The Hall–Kier alpha value is -3.05. The van der Waals surface area contributed by atoms with Crippen LogP contribution in [0, 0.1) is 0 Å². The Kier molecular flexibility index (Phi) is 5.09. The van der Waals surface area contributed by atoms with Crippen molar-refractivity contribution in [3.63, 3.8) is 0 Å². The number of anilines is 1. The van der Waals surface area contributed by atoms with Crippen LogP contribution in [0.5, 0.6) is 5.75 Å². The number of carbonyl (C=O) groups is 2. The zero-order valence-electron chi connectivity index (χ0n) is 14.0. The summed E-state index contributed by atoms with van der Waals surface area (Å²) in [5.41, 5.74) is 6.58. The van der Waals surface area contributed by atoms with Gasteiger partial charge in [-0.1, -0.05) is 29.8 Å². The standard InChI is InChI=1S/C20H16ClNO4/c1-25-16-6-4-12-8-14(3-2-13(12)9-16)19(23)11-26-20(24)17-7-5-15(21)10-18(17)22/h2-10H,11,22H2,1H3. The largest absolute Gasteiger partial charge is 0.497 e. The van der Waals surface area contributed by atoms with Crippen molar-refractivity contribution in [1.82, 2.24) is 0 Å². The number of nitrogens with two attached hydrogens (primary N) is 1. The lowest BCUT2D eigenvalue weighted by molar-refractivity contribution is 0.0476. The molecule has 6 heteroatoms. The lowest BCUT2D eigenvalue weighted by atomic mass is 10.0. The van der Waals surface area contributed by atoms with Gasteiger partial charge < -0.3 is 15.2 Å². The number of nitrogen functional groups attached to an aromatic ring is 1. The molecular weight excluding hydrogens is 354 g/mol. The lowest BCUT2D eigenvalue weighted by Crippen LogP contribution is -2.15. The summed E-state index contributed by atoms with van der Waals surface area (Å²) in [7, 11) is 1.60. The average Bonchev–Trinajstić information content (AvgIpc) is 2.64. The molecule has 3 rings (SSSR count). The highest BCUT2D eigenvalue weighted by molar-refractivity contribution is 6.31. The van der Waals surface area contributed by atoms with Crippen LogP contribution >= 0.6 is 11.6 Å². The van der Waals surface area contributed by atoms with Crippen LogP contribution in [0.3, 0.4) is 0 Å². The summed E-state index contributed by atoms with van der Waals surface area (Å²) < 4.78 is 10.3. The van der Waals surface area contributed by atoms with E-state index < -0.39 is 5.97 Å². The molecule has 0 aliphatic rings. The first-order chi connectivity index (χ1) is 12.5. The fourth-order valence-electron chi connectivity index (χ4n) is 2.54. The number of fused-ring (bicyclic) bond motifs is 1. The molecule has 3 aromatic carbocycles. The van der Waals surface area contributed by atoms with Crippen LogP contribution in [-0.2, 0) is 4.74 Å². The first-order valence-corrected chi connectivity index (χ1v) is 8.19. The SMILES string of the molecule is COc1ccc2cc(C(=O)COC(=O)c3ccc(Cl)cc3N)ccc2c1. The maximum absolute atomic E-state index is 12.3. The third kappa shape index (κ3) is 3.78. The van der Waals surface area contributed by atoms with Crippen molar-refractivity contribution in [3.05, 3.63) is 70.7 Å². The van der Waals surface area contributed by atoms with Crippen LogP contribution in [0.25, 0.3) is 10.8 Å².